The molecule has 0 amide bonds. The van der Waals surface area contributed by atoms with Gasteiger partial charge in [-0.25, -0.2) is 0 Å². The van der Waals surface area contributed by atoms with E-state index in [9.17, 15) is 0 Å². The molecule has 0 aliphatic rings. The summed E-state index contributed by atoms with van der Waals surface area (Å²) in [4.78, 5) is 4.40. The van der Waals surface area contributed by atoms with Crippen molar-refractivity contribution in [2.24, 2.45) is 10.9 Å². The predicted molar refractivity (Wildman–Crippen MR) is 76.1 cm³/mol. The summed E-state index contributed by atoms with van der Waals surface area (Å²) >= 11 is 0. The van der Waals surface area contributed by atoms with Gasteiger partial charge in [0.2, 0.25) is 0 Å². The Balaban J connectivity index is 3.68. The maximum Gasteiger partial charge on any atom is 0.191 e. The van der Waals surface area contributed by atoms with Crippen LogP contribution in [0.5, 0.6) is 0 Å². The predicted octanol–water partition coefficient (Wildman–Crippen LogP) is 1.25. The van der Waals surface area contributed by atoms with E-state index >= 15 is 0 Å². The normalized spacial score (nSPS) is 11.9. The van der Waals surface area contributed by atoms with E-state index in [0.717, 1.165) is 32.3 Å². The Labute approximate surface area is 111 Å². The third-order valence-corrected chi connectivity index (χ3v) is 2.04. The average Bonchev–Trinajstić information content (AvgIpc) is 2.33. The zero-order valence-corrected chi connectivity index (χ0v) is 12.3. The number of nitrogens with zero attached hydrogens (tertiary/aromatic N) is 1. The quantitative estimate of drug-likeness (QED) is 0.352. The van der Waals surface area contributed by atoms with Crippen molar-refractivity contribution in [1.29, 1.82) is 0 Å². The van der Waals surface area contributed by atoms with Crippen LogP contribution in [0.2, 0.25) is 0 Å². The fourth-order valence-corrected chi connectivity index (χ4v) is 1.27. The fraction of sp³-hybridized carbons (Fsp3) is 0.923. The molecule has 0 heterocycles. The molecule has 0 unspecified atom stereocenters. The van der Waals surface area contributed by atoms with Crippen molar-refractivity contribution >= 4 is 5.96 Å². The summed E-state index contributed by atoms with van der Waals surface area (Å²) in [7, 11) is 0. The molecule has 0 aromatic heterocycles. The van der Waals surface area contributed by atoms with Crippen LogP contribution >= 0.6 is 0 Å². The number of aliphatic imine (C=N–C) groups is 1. The maximum atomic E-state index is 5.50. The van der Waals surface area contributed by atoms with Crippen LogP contribution in [0, 0.1) is 5.92 Å². The van der Waals surface area contributed by atoms with Crippen molar-refractivity contribution in [2.45, 2.75) is 27.7 Å². The maximum absolute atomic E-state index is 5.50. The monoisotopic (exact) mass is 259 g/mol. The van der Waals surface area contributed by atoms with Gasteiger partial charge in [0.05, 0.1) is 19.8 Å². The van der Waals surface area contributed by atoms with Crippen molar-refractivity contribution in [1.82, 2.24) is 10.6 Å². The first-order chi connectivity index (χ1) is 8.70. The van der Waals surface area contributed by atoms with Gasteiger partial charge in [-0.1, -0.05) is 13.8 Å². The van der Waals surface area contributed by atoms with Gasteiger partial charge in [0.25, 0.3) is 0 Å². The summed E-state index contributed by atoms with van der Waals surface area (Å²) < 4.78 is 10.7. The van der Waals surface area contributed by atoms with Crippen LogP contribution in [-0.2, 0) is 9.47 Å². The van der Waals surface area contributed by atoms with E-state index in [0.29, 0.717) is 25.7 Å². The van der Waals surface area contributed by atoms with Gasteiger partial charge in [-0.05, 0) is 19.8 Å². The van der Waals surface area contributed by atoms with Crippen molar-refractivity contribution in [3.8, 4) is 0 Å². The summed E-state index contributed by atoms with van der Waals surface area (Å²) in [6, 6.07) is 0. The fourth-order valence-electron chi connectivity index (χ4n) is 1.27. The molecule has 0 aromatic rings. The summed E-state index contributed by atoms with van der Waals surface area (Å²) in [5, 5.41) is 6.42. The highest BCUT2D eigenvalue weighted by Gasteiger charge is 1.97. The van der Waals surface area contributed by atoms with Crippen LogP contribution in [0.3, 0.4) is 0 Å². The first-order valence-electron chi connectivity index (χ1n) is 6.88. The Morgan fingerprint density at radius 3 is 2.50 bits per heavy atom. The first kappa shape index (κ1) is 17.2. The van der Waals surface area contributed by atoms with Crippen LogP contribution in [0.15, 0.2) is 4.99 Å². The molecule has 0 aliphatic carbocycles. The minimum Gasteiger partial charge on any atom is -0.380 e. The molecule has 0 aliphatic heterocycles. The number of rotatable bonds is 10. The molecule has 0 bridgehead atoms. The molecule has 2 N–H and O–H groups in total. The van der Waals surface area contributed by atoms with E-state index in [-0.39, 0.29) is 0 Å². The molecular formula is C13H29N3O2. The van der Waals surface area contributed by atoms with E-state index in [1.165, 1.54) is 0 Å². The molecule has 0 atom stereocenters. The van der Waals surface area contributed by atoms with Gasteiger partial charge in [0.1, 0.15) is 0 Å². The van der Waals surface area contributed by atoms with Crippen LogP contribution in [0.25, 0.3) is 0 Å². The zero-order valence-electron chi connectivity index (χ0n) is 12.3. The summed E-state index contributed by atoms with van der Waals surface area (Å²) in [6.45, 7) is 13.5. The van der Waals surface area contributed by atoms with E-state index in [2.05, 4.69) is 36.4 Å². The van der Waals surface area contributed by atoms with E-state index in [1.54, 1.807) is 0 Å². The van der Waals surface area contributed by atoms with Crippen LogP contribution in [-0.4, -0.2) is 52.0 Å². The van der Waals surface area contributed by atoms with Gasteiger partial charge in [-0.3, -0.25) is 4.99 Å². The standard InChI is InChI=1S/C13H29N3O2/c1-5-14-13(15-7-9-17-6-2)16-8-10-18-11-12(3)4/h12H,5-11H2,1-4H3,(H2,14,15,16). The first-order valence-corrected chi connectivity index (χ1v) is 6.88. The molecule has 5 nitrogen and oxygen atoms in total. The highest BCUT2D eigenvalue weighted by Crippen LogP contribution is 1.90. The van der Waals surface area contributed by atoms with Gasteiger partial charge in [0, 0.05) is 26.3 Å². The van der Waals surface area contributed by atoms with Gasteiger partial charge >= 0.3 is 0 Å². The van der Waals surface area contributed by atoms with Gasteiger partial charge in [-0.2, -0.15) is 0 Å². The number of hydrogen-bond donors (Lipinski definition) is 2. The van der Waals surface area contributed by atoms with Crippen LogP contribution in [0.1, 0.15) is 27.7 Å². The summed E-state index contributed by atoms with van der Waals surface area (Å²) in [6.07, 6.45) is 0. The Morgan fingerprint density at radius 2 is 1.89 bits per heavy atom. The lowest BCUT2D eigenvalue weighted by molar-refractivity contribution is 0.114. The van der Waals surface area contributed by atoms with Crippen LogP contribution in [0.4, 0.5) is 0 Å². The lowest BCUT2D eigenvalue weighted by atomic mass is 10.2. The van der Waals surface area contributed by atoms with Crippen molar-refractivity contribution in [3.63, 3.8) is 0 Å². The molecule has 18 heavy (non-hydrogen) atoms. The highest BCUT2D eigenvalue weighted by atomic mass is 16.5. The topological polar surface area (TPSA) is 54.9 Å². The third-order valence-electron chi connectivity index (χ3n) is 2.04. The summed E-state index contributed by atoms with van der Waals surface area (Å²) in [5.74, 6) is 1.41. The van der Waals surface area contributed by atoms with Crippen LogP contribution < -0.4 is 10.6 Å². The Hall–Kier alpha value is -0.810. The highest BCUT2D eigenvalue weighted by molar-refractivity contribution is 5.79. The molecule has 0 rings (SSSR count). The molecule has 0 saturated carbocycles. The van der Waals surface area contributed by atoms with E-state index in [4.69, 9.17) is 9.47 Å². The smallest absolute Gasteiger partial charge is 0.191 e. The lowest BCUT2D eigenvalue weighted by Gasteiger charge is -2.12. The average molecular weight is 259 g/mol. The minimum absolute atomic E-state index is 0.582. The molecule has 0 fully saturated rings. The second-order valence-electron chi connectivity index (χ2n) is 4.35. The lowest BCUT2D eigenvalue weighted by Crippen LogP contribution is -2.39. The molecule has 0 spiro atoms. The molecule has 0 saturated heterocycles. The van der Waals surface area contributed by atoms with Crippen molar-refractivity contribution in [3.05, 3.63) is 0 Å². The summed E-state index contributed by atoms with van der Waals surface area (Å²) in [5.41, 5.74) is 0. The SMILES string of the molecule is CCNC(=NCCOCC)NCCOCC(C)C. The molecule has 108 valence electrons. The molecule has 0 radical (unpaired) electrons. The Morgan fingerprint density at radius 1 is 1.11 bits per heavy atom. The second-order valence-corrected chi connectivity index (χ2v) is 4.35. The van der Waals surface area contributed by atoms with E-state index < -0.39 is 0 Å². The molecule has 0 aromatic carbocycles. The number of ether oxygens (including phenoxy) is 2. The molecular weight excluding hydrogens is 230 g/mol. The number of hydrogen-bond acceptors (Lipinski definition) is 3. The Kier molecular flexibility index (Phi) is 12.1. The van der Waals surface area contributed by atoms with Crippen molar-refractivity contribution in [2.75, 3.05) is 46.1 Å². The molecule has 5 heteroatoms. The zero-order chi connectivity index (χ0) is 13.6. The largest absolute Gasteiger partial charge is 0.380 e. The van der Waals surface area contributed by atoms with Gasteiger partial charge < -0.3 is 20.1 Å². The minimum atomic E-state index is 0.582. The number of nitrogens with one attached hydrogen (secondary N) is 2. The third kappa shape index (κ3) is 11.7. The van der Waals surface area contributed by atoms with Gasteiger partial charge in [0.15, 0.2) is 5.96 Å². The van der Waals surface area contributed by atoms with Gasteiger partial charge in [-0.15, -0.1) is 0 Å². The van der Waals surface area contributed by atoms with E-state index in [1.807, 2.05) is 6.92 Å². The Bertz CT molecular complexity index is 208. The second kappa shape index (κ2) is 12.6. The van der Waals surface area contributed by atoms with Crippen molar-refractivity contribution < 1.29 is 9.47 Å². The number of guanidine groups is 1.